The lowest BCUT2D eigenvalue weighted by atomic mass is 10.1. The molecule has 24 heavy (non-hydrogen) atoms. The van der Waals surface area contributed by atoms with Crippen LogP contribution in [0.2, 0.25) is 5.02 Å². The van der Waals surface area contributed by atoms with Gasteiger partial charge in [-0.05, 0) is 37.1 Å². The first-order chi connectivity index (χ1) is 11.5. The largest absolute Gasteiger partial charge is 0.388 e. The molecule has 0 saturated carbocycles. The van der Waals surface area contributed by atoms with Crippen molar-refractivity contribution in [1.82, 2.24) is 0 Å². The number of aliphatic imine (C=N–C) groups is 2. The van der Waals surface area contributed by atoms with Gasteiger partial charge in [0.1, 0.15) is 11.7 Å². The Balaban J connectivity index is 2.21. The fraction of sp³-hybridized carbons (Fsp3) is 0.471. The second-order valence-corrected chi connectivity index (χ2v) is 6.11. The maximum absolute atomic E-state index is 7.14. The van der Waals surface area contributed by atoms with E-state index in [9.17, 15) is 0 Å². The quantitative estimate of drug-likeness (QED) is 0.277. The molecule has 1 rings (SSSR count). The van der Waals surface area contributed by atoms with E-state index in [0.29, 0.717) is 36.1 Å². The number of hydrogen-bond acceptors (Lipinski definition) is 3. The zero-order chi connectivity index (χ0) is 17.8. The van der Waals surface area contributed by atoms with Crippen molar-refractivity contribution < 1.29 is 0 Å². The number of amidine groups is 3. The SMILES string of the molecule is N=C(N)CCCCCCCN=C(N)CC(N)=Nc1ccc(Cl)cc1. The first kappa shape index (κ1) is 20.0. The van der Waals surface area contributed by atoms with Gasteiger partial charge in [0.2, 0.25) is 0 Å². The van der Waals surface area contributed by atoms with Crippen LogP contribution in [0.15, 0.2) is 34.3 Å². The van der Waals surface area contributed by atoms with Crippen LogP contribution in [-0.4, -0.2) is 24.1 Å². The van der Waals surface area contributed by atoms with Crippen LogP contribution in [0, 0.1) is 5.41 Å². The smallest absolute Gasteiger partial charge is 0.107 e. The average Bonchev–Trinajstić information content (AvgIpc) is 2.51. The molecule has 1 aromatic rings. The molecule has 0 aliphatic heterocycles. The molecular weight excluding hydrogens is 324 g/mol. The predicted molar refractivity (Wildman–Crippen MR) is 103 cm³/mol. The first-order valence-electron chi connectivity index (χ1n) is 8.17. The molecule has 0 heterocycles. The van der Waals surface area contributed by atoms with Crippen LogP contribution in [0.25, 0.3) is 0 Å². The zero-order valence-corrected chi connectivity index (χ0v) is 14.7. The Morgan fingerprint density at radius 1 is 0.917 bits per heavy atom. The highest BCUT2D eigenvalue weighted by Gasteiger charge is 1.99. The summed E-state index contributed by atoms with van der Waals surface area (Å²) in [6.07, 6.45) is 6.36. The second-order valence-electron chi connectivity index (χ2n) is 5.67. The van der Waals surface area contributed by atoms with E-state index >= 15 is 0 Å². The summed E-state index contributed by atoms with van der Waals surface area (Å²) in [4.78, 5) is 8.60. The Labute approximate surface area is 148 Å². The predicted octanol–water partition coefficient (Wildman–Crippen LogP) is 3.35. The molecule has 0 unspecified atom stereocenters. The molecule has 0 spiro atoms. The van der Waals surface area contributed by atoms with E-state index in [1.807, 2.05) is 0 Å². The molecule has 6 nitrogen and oxygen atoms in total. The maximum Gasteiger partial charge on any atom is 0.107 e. The Morgan fingerprint density at radius 3 is 2.21 bits per heavy atom. The summed E-state index contributed by atoms with van der Waals surface area (Å²) in [5.74, 6) is 1.20. The number of halogens is 1. The minimum absolute atomic E-state index is 0.269. The van der Waals surface area contributed by atoms with Crippen LogP contribution in [0.4, 0.5) is 5.69 Å². The highest BCUT2D eigenvalue weighted by Crippen LogP contribution is 2.16. The lowest BCUT2D eigenvalue weighted by Gasteiger charge is -2.03. The fourth-order valence-electron chi connectivity index (χ4n) is 2.14. The fourth-order valence-corrected chi connectivity index (χ4v) is 2.27. The summed E-state index contributed by atoms with van der Waals surface area (Å²) in [7, 11) is 0. The molecule has 0 atom stereocenters. The van der Waals surface area contributed by atoms with Crippen molar-refractivity contribution in [2.45, 2.75) is 44.9 Å². The van der Waals surface area contributed by atoms with Gasteiger partial charge in [-0.3, -0.25) is 10.4 Å². The molecule has 0 aliphatic rings. The molecule has 0 amide bonds. The summed E-state index contributed by atoms with van der Waals surface area (Å²) < 4.78 is 0. The summed E-state index contributed by atoms with van der Waals surface area (Å²) in [6, 6.07) is 7.13. The van der Waals surface area contributed by atoms with E-state index in [-0.39, 0.29) is 5.84 Å². The molecule has 0 radical (unpaired) electrons. The van der Waals surface area contributed by atoms with Crippen molar-refractivity contribution >= 4 is 34.8 Å². The van der Waals surface area contributed by atoms with Crippen LogP contribution in [-0.2, 0) is 0 Å². The molecule has 0 aromatic heterocycles. The normalized spacial score (nSPS) is 12.4. The Kier molecular flexibility index (Phi) is 9.53. The van der Waals surface area contributed by atoms with Crippen LogP contribution in [0.5, 0.6) is 0 Å². The summed E-state index contributed by atoms with van der Waals surface area (Å²) >= 11 is 5.82. The molecule has 0 saturated heterocycles. The molecule has 132 valence electrons. The highest BCUT2D eigenvalue weighted by molar-refractivity contribution is 6.30. The molecule has 7 N–H and O–H groups in total. The van der Waals surface area contributed by atoms with E-state index in [2.05, 4.69) is 9.98 Å². The second kappa shape index (κ2) is 11.5. The summed E-state index contributed by atoms with van der Waals surface area (Å²) in [6.45, 7) is 0.701. The maximum atomic E-state index is 7.14. The zero-order valence-electron chi connectivity index (χ0n) is 14.0. The Hall–Kier alpha value is -2.08. The number of nitrogens with one attached hydrogen (secondary N) is 1. The highest BCUT2D eigenvalue weighted by atomic mass is 35.5. The van der Waals surface area contributed by atoms with Crippen LogP contribution in [0.1, 0.15) is 44.9 Å². The van der Waals surface area contributed by atoms with Crippen molar-refractivity contribution in [2.75, 3.05) is 6.54 Å². The topological polar surface area (TPSA) is 127 Å². The summed E-state index contributed by atoms with van der Waals surface area (Å²) in [5.41, 5.74) is 17.8. The third kappa shape index (κ3) is 9.84. The van der Waals surface area contributed by atoms with Gasteiger partial charge in [0, 0.05) is 18.0 Å². The van der Waals surface area contributed by atoms with E-state index in [1.54, 1.807) is 24.3 Å². The molecule has 7 heteroatoms. The standard InChI is InChI=1S/C17H27ClN6/c18-13-7-9-14(10-8-13)24-17(22)12-16(21)23-11-5-3-1-2-4-6-15(19)20/h7-10H,1-6,11-12H2,(H3,19,20)(H2,21,23)(H2,22,24). The molecule has 0 bridgehead atoms. The van der Waals surface area contributed by atoms with Crippen LogP contribution < -0.4 is 17.2 Å². The number of nitrogens with zero attached hydrogens (tertiary/aromatic N) is 2. The van der Waals surface area contributed by atoms with Gasteiger partial charge in [0.05, 0.1) is 17.9 Å². The van der Waals surface area contributed by atoms with E-state index in [1.165, 1.54) is 0 Å². The number of nitrogens with two attached hydrogens (primary N) is 3. The third-order valence-electron chi connectivity index (χ3n) is 3.38. The number of hydrogen-bond donors (Lipinski definition) is 4. The first-order valence-corrected chi connectivity index (χ1v) is 8.55. The van der Waals surface area contributed by atoms with Crippen LogP contribution in [0.3, 0.4) is 0 Å². The van der Waals surface area contributed by atoms with Crippen molar-refractivity contribution in [2.24, 2.45) is 27.2 Å². The molecule has 0 fully saturated rings. The molecule has 1 aromatic carbocycles. The van der Waals surface area contributed by atoms with Gasteiger partial charge in [-0.2, -0.15) is 0 Å². The van der Waals surface area contributed by atoms with Crippen LogP contribution >= 0.6 is 11.6 Å². The lowest BCUT2D eigenvalue weighted by molar-refractivity contribution is 0.626. The number of rotatable bonds is 11. The van der Waals surface area contributed by atoms with Gasteiger partial charge in [-0.15, -0.1) is 0 Å². The van der Waals surface area contributed by atoms with Gasteiger partial charge >= 0.3 is 0 Å². The van der Waals surface area contributed by atoms with Gasteiger partial charge in [-0.1, -0.05) is 30.9 Å². The van der Waals surface area contributed by atoms with Gasteiger partial charge < -0.3 is 17.2 Å². The van der Waals surface area contributed by atoms with Crippen molar-refractivity contribution in [3.05, 3.63) is 29.3 Å². The minimum Gasteiger partial charge on any atom is -0.388 e. The number of unbranched alkanes of at least 4 members (excludes halogenated alkanes) is 4. The lowest BCUT2D eigenvalue weighted by Crippen LogP contribution is -2.22. The summed E-state index contributed by atoms with van der Waals surface area (Å²) in [5, 5.41) is 7.81. The van der Waals surface area contributed by atoms with Gasteiger partial charge in [0.15, 0.2) is 0 Å². The molecule has 0 aliphatic carbocycles. The van der Waals surface area contributed by atoms with Crippen molar-refractivity contribution in [1.29, 1.82) is 5.41 Å². The third-order valence-corrected chi connectivity index (χ3v) is 3.63. The van der Waals surface area contributed by atoms with E-state index < -0.39 is 0 Å². The van der Waals surface area contributed by atoms with E-state index in [4.69, 9.17) is 34.2 Å². The minimum atomic E-state index is 0.269. The van der Waals surface area contributed by atoms with Gasteiger partial charge in [0.25, 0.3) is 0 Å². The van der Waals surface area contributed by atoms with Crippen molar-refractivity contribution in [3.8, 4) is 0 Å². The number of benzene rings is 1. The Morgan fingerprint density at radius 2 is 1.54 bits per heavy atom. The monoisotopic (exact) mass is 350 g/mol. The van der Waals surface area contributed by atoms with Gasteiger partial charge in [-0.25, -0.2) is 4.99 Å². The molecular formula is C17H27ClN6. The Bertz CT molecular complexity index is 565. The van der Waals surface area contributed by atoms with Crippen molar-refractivity contribution in [3.63, 3.8) is 0 Å². The average molecular weight is 351 g/mol. The van der Waals surface area contributed by atoms with E-state index in [0.717, 1.165) is 37.8 Å².